The molecule has 0 bridgehead atoms. The van der Waals surface area contributed by atoms with Crippen LogP contribution >= 0.6 is 11.8 Å². The molecule has 1 fully saturated rings. The molecule has 0 aromatic carbocycles. The highest BCUT2D eigenvalue weighted by molar-refractivity contribution is 8.00. The van der Waals surface area contributed by atoms with Gasteiger partial charge in [-0.3, -0.25) is 0 Å². The smallest absolute Gasteiger partial charge is 0.317 e. The summed E-state index contributed by atoms with van der Waals surface area (Å²) >= 11 is 1.96. The molecule has 0 aliphatic carbocycles. The van der Waals surface area contributed by atoms with Crippen LogP contribution in [0.4, 0.5) is 4.79 Å². The summed E-state index contributed by atoms with van der Waals surface area (Å²) in [6.45, 7) is 7.80. The Kier molecular flexibility index (Phi) is 5.76. The van der Waals surface area contributed by atoms with Gasteiger partial charge in [-0.1, -0.05) is 13.8 Å². The molecule has 1 aliphatic rings. The van der Waals surface area contributed by atoms with E-state index in [1.54, 1.807) is 6.20 Å². The number of aromatic nitrogens is 2. The van der Waals surface area contributed by atoms with Crippen molar-refractivity contribution in [3.63, 3.8) is 0 Å². The zero-order valence-corrected chi connectivity index (χ0v) is 13.1. The maximum absolute atomic E-state index is 12.1. The third-order valence-electron chi connectivity index (χ3n) is 3.39. The lowest BCUT2D eigenvalue weighted by Gasteiger charge is -2.34. The second-order valence-corrected chi connectivity index (χ2v) is 7.28. The highest BCUT2D eigenvalue weighted by Gasteiger charge is 2.25. The molecule has 2 atom stereocenters. The molecule has 1 aliphatic heterocycles. The minimum Gasteiger partial charge on any atom is -0.338 e. The van der Waals surface area contributed by atoms with Crippen molar-refractivity contribution in [1.29, 1.82) is 0 Å². The molecular formula is C14H24N4OS. The summed E-state index contributed by atoms with van der Waals surface area (Å²) in [5, 5.41) is 4.09. The van der Waals surface area contributed by atoms with E-state index in [1.807, 2.05) is 29.2 Å². The predicted octanol–water partition coefficient (Wildman–Crippen LogP) is 2.20. The predicted molar refractivity (Wildman–Crippen MR) is 82.9 cm³/mol. The minimum absolute atomic E-state index is 0.0895. The maximum Gasteiger partial charge on any atom is 0.317 e. The molecule has 0 unspecified atom stereocenters. The maximum atomic E-state index is 12.1. The molecule has 6 heteroatoms. The van der Waals surface area contributed by atoms with E-state index in [-0.39, 0.29) is 6.03 Å². The van der Waals surface area contributed by atoms with Gasteiger partial charge in [-0.2, -0.15) is 11.8 Å². The standard InChI is InChI=1S/C14H24N4OS/c1-12-9-18(10-13(2)20-12)14(19)16-5-3-4-7-17-8-6-15-11-17/h6,8,11-13H,3-5,7,9-10H2,1-2H3,(H,16,19)/t12-,13+. The number of aryl methyl sites for hydroxylation is 1. The van der Waals surface area contributed by atoms with Gasteiger partial charge >= 0.3 is 6.03 Å². The SMILES string of the molecule is C[C@@H]1CN(C(=O)NCCCCn2ccnc2)C[C@H](C)S1. The van der Waals surface area contributed by atoms with Crippen LogP contribution in [0.5, 0.6) is 0 Å². The van der Waals surface area contributed by atoms with Crippen LogP contribution in [-0.4, -0.2) is 50.6 Å². The lowest BCUT2D eigenvalue weighted by atomic mass is 10.3. The van der Waals surface area contributed by atoms with Gasteiger partial charge in [0.05, 0.1) is 6.33 Å². The number of thioether (sulfide) groups is 1. The third kappa shape index (κ3) is 4.74. The van der Waals surface area contributed by atoms with Gasteiger partial charge in [0.1, 0.15) is 0 Å². The molecule has 1 aromatic heterocycles. The van der Waals surface area contributed by atoms with Crippen molar-refractivity contribution in [3.05, 3.63) is 18.7 Å². The molecular weight excluding hydrogens is 272 g/mol. The molecule has 5 nitrogen and oxygen atoms in total. The Labute approximate surface area is 125 Å². The molecule has 1 N–H and O–H groups in total. The molecule has 2 rings (SSSR count). The molecule has 112 valence electrons. The number of carbonyl (C=O) groups excluding carboxylic acids is 1. The normalized spacial score (nSPS) is 22.8. The van der Waals surface area contributed by atoms with Crippen LogP contribution in [0.3, 0.4) is 0 Å². The van der Waals surface area contributed by atoms with Crippen molar-refractivity contribution in [2.24, 2.45) is 0 Å². The van der Waals surface area contributed by atoms with E-state index < -0.39 is 0 Å². The van der Waals surface area contributed by atoms with Crippen LogP contribution < -0.4 is 5.32 Å². The van der Waals surface area contributed by atoms with Gasteiger partial charge in [0.15, 0.2) is 0 Å². The first-order valence-corrected chi connectivity index (χ1v) is 8.23. The fourth-order valence-corrected chi connectivity index (χ4v) is 3.81. The average Bonchev–Trinajstić information content (AvgIpc) is 2.90. The second-order valence-electron chi connectivity index (χ2n) is 5.40. The highest BCUT2D eigenvalue weighted by atomic mass is 32.2. The summed E-state index contributed by atoms with van der Waals surface area (Å²) in [5.41, 5.74) is 0. The molecule has 2 amide bonds. The monoisotopic (exact) mass is 296 g/mol. The van der Waals surface area contributed by atoms with Crippen molar-refractivity contribution in [3.8, 4) is 0 Å². The fraction of sp³-hybridized carbons (Fsp3) is 0.714. The van der Waals surface area contributed by atoms with Gasteiger partial charge in [-0.05, 0) is 12.8 Å². The number of urea groups is 1. The first kappa shape index (κ1) is 15.2. The summed E-state index contributed by atoms with van der Waals surface area (Å²) in [7, 11) is 0. The van der Waals surface area contributed by atoms with Gasteiger partial charge in [0.2, 0.25) is 0 Å². The first-order chi connectivity index (χ1) is 9.65. The van der Waals surface area contributed by atoms with Crippen LogP contribution in [-0.2, 0) is 6.54 Å². The van der Waals surface area contributed by atoms with Gasteiger partial charge in [-0.15, -0.1) is 0 Å². The molecule has 0 radical (unpaired) electrons. The van der Waals surface area contributed by atoms with Gasteiger partial charge in [0, 0.05) is 49.1 Å². The summed E-state index contributed by atoms with van der Waals surface area (Å²) in [6.07, 6.45) is 7.63. The number of imidazole rings is 1. The van der Waals surface area contributed by atoms with Crippen LogP contribution in [0.15, 0.2) is 18.7 Å². The number of hydrogen-bond acceptors (Lipinski definition) is 3. The number of nitrogens with one attached hydrogen (secondary N) is 1. The van der Waals surface area contributed by atoms with Gasteiger partial charge in [0.25, 0.3) is 0 Å². The van der Waals surface area contributed by atoms with Crippen LogP contribution in [0.1, 0.15) is 26.7 Å². The molecule has 1 saturated heterocycles. The van der Waals surface area contributed by atoms with Crippen molar-refractivity contribution in [1.82, 2.24) is 19.8 Å². The zero-order valence-electron chi connectivity index (χ0n) is 12.3. The topological polar surface area (TPSA) is 50.2 Å². The Bertz CT molecular complexity index is 399. The van der Waals surface area contributed by atoms with Crippen LogP contribution in [0.25, 0.3) is 0 Å². The van der Waals surface area contributed by atoms with Gasteiger partial charge < -0.3 is 14.8 Å². The lowest BCUT2D eigenvalue weighted by Crippen LogP contribution is -2.48. The fourth-order valence-electron chi connectivity index (χ4n) is 2.49. The van der Waals surface area contributed by atoms with Crippen molar-refractivity contribution in [2.45, 2.75) is 43.7 Å². The third-order valence-corrected chi connectivity index (χ3v) is 4.61. The largest absolute Gasteiger partial charge is 0.338 e. The van der Waals surface area contributed by atoms with Gasteiger partial charge in [-0.25, -0.2) is 9.78 Å². The van der Waals surface area contributed by atoms with Crippen molar-refractivity contribution < 1.29 is 4.79 Å². The van der Waals surface area contributed by atoms with Crippen LogP contribution in [0, 0.1) is 0 Å². The highest BCUT2D eigenvalue weighted by Crippen LogP contribution is 2.24. The second kappa shape index (κ2) is 7.57. The quantitative estimate of drug-likeness (QED) is 0.848. The van der Waals surface area contributed by atoms with E-state index in [9.17, 15) is 4.79 Å². The van der Waals surface area contributed by atoms with E-state index in [1.165, 1.54) is 0 Å². The van der Waals surface area contributed by atoms with E-state index >= 15 is 0 Å². The molecule has 20 heavy (non-hydrogen) atoms. The Hall–Kier alpha value is -1.17. The Morgan fingerprint density at radius 1 is 1.35 bits per heavy atom. The number of nitrogens with zero attached hydrogens (tertiary/aromatic N) is 3. The first-order valence-electron chi connectivity index (χ1n) is 7.29. The molecule has 2 heterocycles. The lowest BCUT2D eigenvalue weighted by molar-refractivity contribution is 0.197. The molecule has 1 aromatic rings. The Morgan fingerprint density at radius 3 is 2.75 bits per heavy atom. The summed E-state index contributed by atoms with van der Waals surface area (Å²) in [5.74, 6) is 0. The summed E-state index contributed by atoms with van der Waals surface area (Å²) < 4.78 is 2.06. The van der Waals surface area contributed by atoms with E-state index in [0.29, 0.717) is 10.5 Å². The van der Waals surface area contributed by atoms with E-state index in [4.69, 9.17) is 0 Å². The molecule has 0 saturated carbocycles. The zero-order chi connectivity index (χ0) is 14.4. The van der Waals surface area contributed by atoms with Crippen molar-refractivity contribution in [2.75, 3.05) is 19.6 Å². The van der Waals surface area contributed by atoms with Crippen molar-refractivity contribution >= 4 is 17.8 Å². The average molecular weight is 296 g/mol. The number of unbranched alkanes of at least 4 members (excludes halogenated alkanes) is 1. The van der Waals surface area contributed by atoms with E-state index in [2.05, 4.69) is 28.7 Å². The molecule has 0 spiro atoms. The Balaban J connectivity index is 1.60. The number of hydrogen-bond donors (Lipinski definition) is 1. The summed E-state index contributed by atoms with van der Waals surface area (Å²) in [4.78, 5) is 18.0. The minimum atomic E-state index is 0.0895. The summed E-state index contributed by atoms with van der Waals surface area (Å²) in [6, 6.07) is 0.0895. The number of amides is 2. The number of carbonyl (C=O) groups is 1. The number of rotatable bonds is 5. The Morgan fingerprint density at radius 2 is 2.10 bits per heavy atom. The van der Waals surface area contributed by atoms with Crippen LogP contribution in [0.2, 0.25) is 0 Å². The van der Waals surface area contributed by atoms with E-state index in [0.717, 1.165) is 39.0 Å².